The molecule has 0 bridgehead atoms. The van der Waals surface area contributed by atoms with Crippen LogP contribution in [-0.2, 0) is 0 Å². The highest BCUT2D eigenvalue weighted by molar-refractivity contribution is 7.89. The molecule has 0 N–H and O–H groups in total. The second kappa shape index (κ2) is 8.49. The third kappa shape index (κ3) is 3.81. The van der Waals surface area contributed by atoms with Crippen molar-refractivity contribution in [1.82, 2.24) is 0 Å². The summed E-state index contributed by atoms with van der Waals surface area (Å²) in [6.07, 6.45) is 0. The Hall–Kier alpha value is -2.46. The first-order chi connectivity index (χ1) is 13.4. The first-order valence-corrected chi connectivity index (χ1v) is 11.7. The van der Waals surface area contributed by atoms with E-state index in [1.807, 2.05) is 0 Å². The standard InChI is InChI=1S/C24H21NP2/c1-5-13-21(14-6-1)26-25-27(22-15-7-2-8-16-22,23-17-9-3-10-18-23)24-19-11-4-12-20-24/h1-20,26H. The third-order valence-electron chi connectivity index (χ3n) is 4.49. The van der Waals surface area contributed by atoms with E-state index in [1.165, 1.54) is 21.2 Å². The van der Waals surface area contributed by atoms with Gasteiger partial charge in [0.2, 0.25) is 0 Å². The van der Waals surface area contributed by atoms with Gasteiger partial charge < -0.3 is 0 Å². The molecule has 0 aliphatic carbocycles. The summed E-state index contributed by atoms with van der Waals surface area (Å²) < 4.78 is 5.48. The molecule has 0 heterocycles. The zero-order valence-electron chi connectivity index (χ0n) is 14.9. The number of hydrogen-bond donors (Lipinski definition) is 0. The lowest BCUT2D eigenvalue weighted by atomic mass is 10.4. The van der Waals surface area contributed by atoms with Gasteiger partial charge in [0, 0.05) is 24.6 Å². The van der Waals surface area contributed by atoms with Crippen LogP contribution in [0.2, 0.25) is 0 Å². The molecule has 0 saturated heterocycles. The van der Waals surface area contributed by atoms with Gasteiger partial charge in [0.25, 0.3) is 0 Å². The molecule has 4 aromatic carbocycles. The van der Waals surface area contributed by atoms with Crippen molar-refractivity contribution in [2.24, 2.45) is 4.52 Å². The van der Waals surface area contributed by atoms with Crippen LogP contribution in [-0.4, -0.2) is 0 Å². The molecule has 3 heteroatoms. The number of rotatable bonds is 5. The van der Waals surface area contributed by atoms with Crippen molar-refractivity contribution >= 4 is 37.0 Å². The molecule has 0 aliphatic rings. The predicted molar refractivity (Wildman–Crippen MR) is 122 cm³/mol. The van der Waals surface area contributed by atoms with Crippen LogP contribution in [0.4, 0.5) is 0 Å². The molecular weight excluding hydrogens is 364 g/mol. The van der Waals surface area contributed by atoms with Crippen molar-refractivity contribution < 1.29 is 0 Å². The molecule has 132 valence electrons. The van der Waals surface area contributed by atoms with Crippen molar-refractivity contribution in [3.05, 3.63) is 121 Å². The van der Waals surface area contributed by atoms with Gasteiger partial charge in [-0.05, 0) is 5.30 Å². The average Bonchev–Trinajstić information content (AvgIpc) is 2.77. The normalized spacial score (nSPS) is 11.6. The maximum absolute atomic E-state index is 5.48. The van der Waals surface area contributed by atoms with Crippen molar-refractivity contribution in [3.8, 4) is 0 Å². The Kier molecular flexibility index (Phi) is 5.64. The zero-order valence-corrected chi connectivity index (χ0v) is 16.8. The van der Waals surface area contributed by atoms with Crippen LogP contribution in [0, 0.1) is 0 Å². The lowest BCUT2D eigenvalue weighted by Crippen LogP contribution is -2.25. The van der Waals surface area contributed by atoms with Gasteiger partial charge in [0.1, 0.15) is 0 Å². The Balaban J connectivity index is 2.00. The van der Waals surface area contributed by atoms with Gasteiger partial charge in [0.15, 0.2) is 0 Å². The van der Waals surface area contributed by atoms with Crippen LogP contribution in [0.25, 0.3) is 0 Å². The Bertz CT molecular complexity index is 927. The molecule has 1 nitrogen and oxygen atoms in total. The number of hydrogen-bond acceptors (Lipinski definition) is 1. The molecule has 27 heavy (non-hydrogen) atoms. The minimum Gasteiger partial charge on any atom is -0.265 e. The van der Waals surface area contributed by atoms with E-state index in [2.05, 4.69) is 121 Å². The van der Waals surface area contributed by atoms with E-state index < -0.39 is 7.05 Å². The largest absolute Gasteiger partial charge is 0.265 e. The van der Waals surface area contributed by atoms with Gasteiger partial charge in [0.05, 0.1) is 7.05 Å². The van der Waals surface area contributed by atoms with Crippen LogP contribution in [0.3, 0.4) is 0 Å². The Morgan fingerprint density at radius 3 is 1.15 bits per heavy atom. The average molecular weight is 385 g/mol. The van der Waals surface area contributed by atoms with E-state index in [-0.39, 0.29) is 0 Å². The number of nitrogens with zero attached hydrogens (tertiary/aromatic N) is 1. The molecule has 0 fully saturated rings. The second-order valence-corrected chi connectivity index (χ2v) is 10.6. The minimum atomic E-state index is -2.08. The third-order valence-corrected chi connectivity index (χ3v) is 9.82. The van der Waals surface area contributed by atoms with Crippen molar-refractivity contribution in [2.75, 3.05) is 0 Å². The molecule has 0 saturated carbocycles. The van der Waals surface area contributed by atoms with E-state index in [0.29, 0.717) is 8.73 Å². The van der Waals surface area contributed by atoms with Gasteiger partial charge in [-0.15, -0.1) is 0 Å². The topological polar surface area (TPSA) is 12.4 Å². The van der Waals surface area contributed by atoms with Gasteiger partial charge in [-0.25, -0.2) is 0 Å². The quantitative estimate of drug-likeness (QED) is 0.425. The molecule has 0 radical (unpaired) electrons. The zero-order chi connectivity index (χ0) is 18.4. The first kappa shape index (κ1) is 17.9. The van der Waals surface area contributed by atoms with Gasteiger partial charge >= 0.3 is 0 Å². The summed E-state index contributed by atoms with van der Waals surface area (Å²) in [6, 6.07) is 42.9. The van der Waals surface area contributed by atoms with E-state index >= 15 is 0 Å². The SMILES string of the molecule is c1ccc(PN=P(c2ccccc2)(c2ccccc2)c2ccccc2)cc1. The monoisotopic (exact) mass is 385 g/mol. The Morgan fingerprint density at radius 2 is 0.778 bits per heavy atom. The lowest BCUT2D eigenvalue weighted by Gasteiger charge is -2.27. The maximum Gasteiger partial charge on any atom is 0.0593 e. The van der Waals surface area contributed by atoms with Crippen molar-refractivity contribution in [2.45, 2.75) is 0 Å². The Morgan fingerprint density at radius 1 is 0.444 bits per heavy atom. The molecule has 4 rings (SSSR count). The second-order valence-electron chi connectivity index (χ2n) is 6.22. The van der Waals surface area contributed by atoms with Gasteiger partial charge in [-0.2, -0.15) is 0 Å². The molecular formula is C24H21NP2. The fourth-order valence-corrected chi connectivity index (χ4v) is 8.69. The van der Waals surface area contributed by atoms with Crippen molar-refractivity contribution in [1.29, 1.82) is 0 Å². The summed E-state index contributed by atoms with van der Waals surface area (Å²) >= 11 is 0. The van der Waals surface area contributed by atoms with Gasteiger partial charge in [-0.1, -0.05) is 121 Å². The maximum atomic E-state index is 5.48. The van der Waals surface area contributed by atoms with E-state index in [4.69, 9.17) is 4.52 Å². The fraction of sp³-hybridized carbons (Fsp3) is 0. The molecule has 1 atom stereocenters. The highest BCUT2D eigenvalue weighted by atomic mass is 31.2. The summed E-state index contributed by atoms with van der Waals surface area (Å²) in [5.74, 6) is 0. The van der Waals surface area contributed by atoms with E-state index in [1.54, 1.807) is 0 Å². The summed E-state index contributed by atoms with van der Waals surface area (Å²) in [5.41, 5.74) is 0. The highest BCUT2D eigenvalue weighted by Gasteiger charge is 2.26. The fourth-order valence-electron chi connectivity index (χ4n) is 3.20. The van der Waals surface area contributed by atoms with Crippen LogP contribution in [0.15, 0.2) is 126 Å². The molecule has 4 aromatic rings. The van der Waals surface area contributed by atoms with Crippen LogP contribution < -0.4 is 21.2 Å². The molecule has 0 aromatic heterocycles. The van der Waals surface area contributed by atoms with Crippen molar-refractivity contribution in [3.63, 3.8) is 0 Å². The van der Waals surface area contributed by atoms with Crippen LogP contribution in [0.5, 0.6) is 0 Å². The van der Waals surface area contributed by atoms with E-state index in [9.17, 15) is 0 Å². The predicted octanol–water partition coefficient (Wildman–Crippen LogP) is 5.08. The molecule has 1 unspecified atom stereocenters. The van der Waals surface area contributed by atoms with Crippen LogP contribution >= 0.6 is 15.8 Å². The molecule has 0 amide bonds. The lowest BCUT2D eigenvalue weighted by molar-refractivity contribution is 1.71. The molecule has 0 spiro atoms. The van der Waals surface area contributed by atoms with Gasteiger partial charge in [-0.3, -0.25) is 4.52 Å². The summed E-state index contributed by atoms with van der Waals surface area (Å²) in [5, 5.41) is 5.16. The summed E-state index contributed by atoms with van der Waals surface area (Å²) in [6.45, 7) is 0. The first-order valence-electron chi connectivity index (χ1n) is 8.99. The van der Waals surface area contributed by atoms with Crippen LogP contribution in [0.1, 0.15) is 0 Å². The number of benzene rings is 4. The summed E-state index contributed by atoms with van der Waals surface area (Å²) in [7, 11) is -1.67. The summed E-state index contributed by atoms with van der Waals surface area (Å²) in [4.78, 5) is 0. The highest BCUT2D eigenvalue weighted by Crippen LogP contribution is 2.49. The Labute approximate surface area is 163 Å². The smallest absolute Gasteiger partial charge is 0.0593 e. The van der Waals surface area contributed by atoms with E-state index in [0.717, 1.165) is 0 Å². The minimum absolute atomic E-state index is 0.407. The molecule has 0 aliphatic heterocycles.